The van der Waals surface area contributed by atoms with Gasteiger partial charge in [-0.25, -0.2) is 0 Å². The van der Waals surface area contributed by atoms with Crippen LogP contribution in [-0.4, -0.2) is 27.0 Å². The van der Waals surface area contributed by atoms with E-state index in [1.807, 2.05) is 19.1 Å². The van der Waals surface area contributed by atoms with Gasteiger partial charge in [-0.15, -0.1) is 10.2 Å². The number of carboxylic acid groups (broad SMARTS) is 1. The van der Waals surface area contributed by atoms with Crippen LogP contribution < -0.4 is 0 Å². The van der Waals surface area contributed by atoms with Gasteiger partial charge in [0.15, 0.2) is 0 Å². The van der Waals surface area contributed by atoms with Crippen molar-refractivity contribution in [1.29, 1.82) is 0 Å². The fraction of sp³-hybridized carbons (Fsp3) is 0.182. The molecule has 18 heavy (non-hydrogen) atoms. The summed E-state index contributed by atoms with van der Waals surface area (Å²) in [5, 5.41) is 16.9. The summed E-state index contributed by atoms with van der Waals surface area (Å²) in [6.45, 7) is 1.88. The largest absolute Gasteiger partial charge is 0.481 e. The van der Waals surface area contributed by atoms with Crippen LogP contribution in [0.1, 0.15) is 5.56 Å². The number of hydrogen-bond acceptors (Lipinski definition) is 5. The third kappa shape index (κ3) is 2.83. The first kappa shape index (κ1) is 12.9. The molecule has 0 aliphatic rings. The molecule has 0 radical (unpaired) electrons. The molecule has 1 aromatic carbocycles. The average molecular weight is 285 g/mol. The van der Waals surface area contributed by atoms with E-state index >= 15 is 0 Å². The van der Waals surface area contributed by atoms with Gasteiger partial charge in [0, 0.05) is 0 Å². The number of halogens is 1. The lowest BCUT2D eigenvalue weighted by Gasteiger charge is -2.01. The smallest absolute Gasteiger partial charge is 0.314 e. The third-order valence-electron chi connectivity index (χ3n) is 2.15. The second-order valence-electron chi connectivity index (χ2n) is 3.49. The van der Waals surface area contributed by atoms with Crippen molar-refractivity contribution in [3.8, 4) is 11.5 Å². The molecule has 0 unspecified atom stereocenters. The highest BCUT2D eigenvalue weighted by atomic mass is 35.5. The maximum atomic E-state index is 10.4. The van der Waals surface area contributed by atoms with Crippen molar-refractivity contribution < 1.29 is 14.3 Å². The van der Waals surface area contributed by atoms with Crippen molar-refractivity contribution in [3.63, 3.8) is 0 Å². The number of aromatic nitrogens is 2. The molecule has 0 aliphatic heterocycles. The highest BCUT2D eigenvalue weighted by molar-refractivity contribution is 7.99. The SMILES string of the molecule is Cc1cccc(-c2nnc(SCC(=O)O)o2)c1Cl. The van der Waals surface area contributed by atoms with E-state index in [1.165, 1.54) is 0 Å². The number of hydrogen-bond donors (Lipinski definition) is 1. The molecule has 0 aliphatic carbocycles. The van der Waals surface area contributed by atoms with Crippen molar-refractivity contribution in [2.75, 3.05) is 5.75 Å². The van der Waals surface area contributed by atoms with Crippen LogP contribution in [0, 0.1) is 6.92 Å². The Labute approximate surface area is 112 Å². The van der Waals surface area contributed by atoms with Crippen molar-refractivity contribution in [3.05, 3.63) is 28.8 Å². The summed E-state index contributed by atoms with van der Waals surface area (Å²) >= 11 is 7.11. The molecular weight excluding hydrogens is 276 g/mol. The molecule has 5 nitrogen and oxygen atoms in total. The summed E-state index contributed by atoms with van der Waals surface area (Å²) in [4.78, 5) is 10.4. The molecule has 94 valence electrons. The van der Waals surface area contributed by atoms with Gasteiger partial charge in [0.25, 0.3) is 5.22 Å². The van der Waals surface area contributed by atoms with Crippen LogP contribution in [0.2, 0.25) is 5.02 Å². The Morgan fingerprint density at radius 3 is 3.00 bits per heavy atom. The minimum atomic E-state index is -0.937. The summed E-state index contributed by atoms with van der Waals surface area (Å²) in [7, 11) is 0. The second kappa shape index (κ2) is 5.41. The van der Waals surface area contributed by atoms with Crippen LogP contribution in [0.4, 0.5) is 0 Å². The van der Waals surface area contributed by atoms with Gasteiger partial charge in [-0.05, 0) is 18.6 Å². The zero-order valence-electron chi connectivity index (χ0n) is 9.38. The molecule has 1 aromatic heterocycles. The van der Waals surface area contributed by atoms with Crippen LogP contribution in [0.25, 0.3) is 11.5 Å². The molecule has 0 saturated carbocycles. The van der Waals surface area contributed by atoms with Crippen LogP contribution in [-0.2, 0) is 4.79 Å². The Hall–Kier alpha value is -1.53. The number of thioether (sulfide) groups is 1. The van der Waals surface area contributed by atoms with Crippen LogP contribution in [0.3, 0.4) is 0 Å². The lowest BCUT2D eigenvalue weighted by atomic mass is 10.1. The molecule has 0 bridgehead atoms. The van der Waals surface area contributed by atoms with Gasteiger partial charge in [0.1, 0.15) is 5.75 Å². The Kier molecular flexibility index (Phi) is 3.88. The number of carbonyl (C=O) groups is 1. The zero-order chi connectivity index (χ0) is 13.1. The minimum Gasteiger partial charge on any atom is -0.481 e. The summed E-state index contributed by atoms with van der Waals surface area (Å²) in [6, 6.07) is 5.49. The normalized spacial score (nSPS) is 10.6. The van der Waals surface area contributed by atoms with E-state index in [2.05, 4.69) is 10.2 Å². The molecule has 0 fully saturated rings. The predicted octanol–water partition coefficient (Wildman–Crippen LogP) is 2.88. The number of benzene rings is 1. The van der Waals surface area contributed by atoms with E-state index in [-0.39, 0.29) is 16.9 Å². The van der Waals surface area contributed by atoms with E-state index in [0.717, 1.165) is 17.3 Å². The first-order valence-electron chi connectivity index (χ1n) is 5.01. The standard InChI is InChI=1S/C11H9ClN2O3S/c1-6-3-2-4-7(9(6)12)10-13-14-11(17-10)18-5-8(15)16/h2-4H,5H2,1H3,(H,15,16). The minimum absolute atomic E-state index is 0.122. The van der Waals surface area contributed by atoms with Gasteiger partial charge in [-0.3, -0.25) is 4.79 Å². The van der Waals surface area contributed by atoms with E-state index in [4.69, 9.17) is 21.1 Å². The summed E-state index contributed by atoms with van der Waals surface area (Å²) < 4.78 is 5.35. The summed E-state index contributed by atoms with van der Waals surface area (Å²) in [5.74, 6) is -0.770. The predicted molar refractivity (Wildman–Crippen MR) is 67.8 cm³/mol. The lowest BCUT2D eigenvalue weighted by Crippen LogP contribution is -1.97. The monoisotopic (exact) mass is 284 g/mol. The number of rotatable bonds is 4. The van der Waals surface area contributed by atoms with Crippen molar-refractivity contribution in [2.45, 2.75) is 12.1 Å². The quantitative estimate of drug-likeness (QED) is 0.870. The maximum Gasteiger partial charge on any atom is 0.314 e. The van der Waals surface area contributed by atoms with Crippen LogP contribution >= 0.6 is 23.4 Å². The van der Waals surface area contributed by atoms with Gasteiger partial charge >= 0.3 is 5.97 Å². The second-order valence-corrected chi connectivity index (χ2v) is 4.80. The van der Waals surface area contributed by atoms with Gasteiger partial charge in [0.2, 0.25) is 5.89 Å². The Morgan fingerprint density at radius 1 is 1.50 bits per heavy atom. The maximum absolute atomic E-state index is 10.4. The summed E-state index contributed by atoms with van der Waals surface area (Å²) in [6.07, 6.45) is 0. The molecule has 0 spiro atoms. The first-order valence-corrected chi connectivity index (χ1v) is 6.38. The lowest BCUT2D eigenvalue weighted by molar-refractivity contribution is -0.133. The number of nitrogens with zero attached hydrogens (tertiary/aromatic N) is 2. The topological polar surface area (TPSA) is 76.2 Å². The molecular formula is C11H9ClN2O3S. The fourth-order valence-electron chi connectivity index (χ4n) is 1.31. The Bertz CT molecular complexity index is 585. The third-order valence-corrected chi connectivity index (χ3v) is 3.45. The van der Waals surface area contributed by atoms with Crippen LogP contribution in [0.5, 0.6) is 0 Å². The van der Waals surface area contributed by atoms with E-state index in [9.17, 15) is 4.79 Å². The van der Waals surface area contributed by atoms with Crippen molar-refractivity contribution in [1.82, 2.24) is 10.2 Å². The van der Waals surface area contributed by atoms with E-state index < -0.39 is 5.97 Å². The number of carboxylic acids is 1. The highest BCUT2D eigenvalue weighted by Gasteiger charge is 2.14. The first-order chi connectivity index (χ1) is 8.58. The molecule has 0 saturated heterocycles. The van der Waals surface area contributed by atoms with E-state index in [1.54, 1.807) is 6.07 Å². The van der Waals surface area contributed by atoms with Crippen LogP contribution in [0.15, 0.2) is 27.8 Å². The van der Waals surface area contributed by atoms with Crippen molar-refractivity contribution in [2.24, 2.45) is 0 Å². The molecule has 7 heteroatoms. The highest BCUT2D eigenvalue weighted by Crippen LogP contribution is 2.30. The van der Waals surface area contributed by atoms with E-state index in [0.29, 0.717) is 10.6 Å². The molecule has 1 N–H and O–H groups in total. The van der Waals surface area contributed by atoms with Gasteiger partial charge < -0.3 is 9.52 Å². The van der Waals surface area contributed by atoms with Gasteiger partial charge in [0.05, 0.1) is 10.6 Å². The molecule has 1 heterocycles. The zero-order valence-corrected chi connectivity index (χ0v) is 11.0. The molecule has 2 aromatic rings. The number of aliphatic carboxylic acids is 1. The molecule has 2 rings (SSSR count). The van der Waals surface area contributed by atoms with Gasteiger partial charge in [-0.2, -0.15) is 0 Å². The summed E-state index contributed by atoms with van der Waals surface area (Å²) in [5.41, 5.74) is 1.55. The average Bonchev–Trinajstić information content (AvgIpc) is 2.78. The van der Waals surface area contributed by atoms with Gasteiger partial charge in [-0.1, -0.05) is 35.5 Å². The number of aryl methyl sites for hydroxylation is 1. The molecule has 0 amide bonds. The Balaban J connectivity index is 2.24. The molecule has 0 atom stereocenters. The fourth-order valence-corrected chi connectivity index (χ4v) is 2.00. The van der Waals surface area contributed by atoms with Crippen molar-refractivity contribution >= 4 is 29.3 Å². The Morgan fingerprint density at radius 2 is 2.28 bits per heavy atom.